The number of nitrogens with zero attached hydrogens (tertiary/aromatic N) is 2. The number of fused-ring (bicyclic) bond motifs is 1. The van der Waals surface area contributed by atoms with Crippen LogP contribution in [0.4, 0.5) is 5.69 Å². The lowest BCUT2D eigenvalue weighted by atomic mass is 10.0. The molecule has 4 rings (SSSR count). The van der Waals surface area contributed by atoms with Crippen molar-refractivity contribution in [2.24, 2.45) is 0 Å². The number of hydrogen-bond donors (Lipinski definition) is 1. The Morgan fingerprint density at radius 1 is 1.07 bits per heavy atom. The lowest BCUT2D eigenvalue weighted by Gasteiger charge is -2.21. The standard InChI is InChI=1S/C22H22N2O5/c25-19-10-9-17-21(26)20(13-15-5-7-16(8-6-15)24(27)28)29-22(17)18(19)14-23-11-3-1-2-4-12-23/h5-10,13,25H,1-4,11-12,14H2/b20-13-. The summed E-state index contributed by atoms with van der Waals surface area (Å²) < 4.78 is 5.88. The number of phenols is 1. The third-order valence-corrected chi connectivity index (χ3v) is 5.40. The Kier molecular flexibility index (Phi) is 5.31. The Labute approximate surface area is 168 Å². The molecule has 2 aromatic rings. The molecular weight excluding hydrogens is 372 g/mol. The van der Waals surface area contributed by atoms with Crippen molar-refractivity contribution in [2.45, 2.75) is 32.2 Å². The molecule has 0 bridgehead atoms. The molecule has 1 N–H and O–H groups in total. The monoisotopic (exact) mass is 394 g/mol. The topological polar surface area (TPSA) is 92.9 Å². The zero-order valence-corrected chi connectivity index (χ0v) is 16.0. The fourth-order valence-corrected chi connectivity index (χ4v) is 3.81. The van der Waals surface area contributed by atoms with Gasteiger partial charge in [-0.15, -0.1) is 0 Å². The van der Waals surface area contributed by atoms with Crippen LogP contribution in [0, 0.1) is 10.1 Å². The third kappa shape index (κ3) is 4.00. The van der Waals surface area contributed by atoms with Gasteiger partial charge >= 0.3 is 0 Å². The first-order chi connectivity index (χ1) is 14.0. The van der Waals surface area contributed by atoms with Crippen molar-refractivity contribution in [3.63, 3.8) is 0 Å². The van der Waals surface area contributed by atoms with Crippen LogP contribution in [0.25, 0.3) is 6.08 Å². The molecule has 2 aromatic carbocycles. The molecule has 0 unspecified atom stereocenters. The largest absolute Gasteiger partial charge is 0.507 e. The van der Waals surface area contributed by atoms with Crippen LogP contribution in [-0.4, -0.2) is 33.8 Å². The lowest BCUT2D eigenvalue weighted by molar-refractivity contribution is -0.384. The van der Waals surface area contributed by atoms with Gasteiger partial charge in [-0.25, -0.2) is 0 Å². The second kappa shape index (κ2) is 8.05. The molecule has 0 aromatic heterocycles. The second-order valence-corrected chi connectivity index (χ2v) is 7.42. The van der Waals surface area contributed by atoms with Crippen molar-refractivity contribution >= 4 is 17.5 Å². The summed E-state index contributed by atoms with van der Waals surface area (Å²) >= 11 is 0. The van der Waals surface area contributed by atoms with E-state index in [1.807, 2.05) is 0 Å². The maximum atomic E-state index is 12.8. The molecule has 2 heterocycles. The fourth-order valence-electron chi connectivity index (χ4n) is 3.81. The van der Waals surface area contributed by atoms with Crippen molar-refractivity contribution in [2.75, 3.05) is 13.1 Å². The van der Waals surface area contributed by atoms with Crippen LogP contribution in [-0.2, 0) is 6.54 Å². The highest BCUT2D eigenvalue weighted by molar-refractivity contribution is 6.15. The minimum Gasteiger partial charge on any atom is -0.507 e. The highest BCUT2D eigenvalue weighted by Crippen LogP contribution is 2.40. The summed E-state index contributed by atoms with van der Waals surface area (Å²) in [5.74, 6) is 0.428. The number of non-ortho nitro benzene ring substituents is 1. The van der Waals surface area contributed by atoms with Crippen LogP contribution in [0.1, 0.15) is 47.2 Å². The van der Waals surface area contributed by atoms with Crippen LogP contribution >= 0.6 is 0 Å². The van der Waals surface area contributed by atoms with Crippen molar-refractivity contribution in [3.8, 4) is 11.5 Å². The number of hydrogen-bond acceptors (Lipinski definition) is 6. The molecule has 0 radical (unpaired) electrons. The number of ketones is 1. The van der Waals surface area contributed by atoms with E-state index in [0.29, 0.717) is 29.0 Å². The molecule has 7 heteroatoms. The summed E-state index contributed by atoms with van der Waals surface area (Å²) in [6.45, 7) is 2.46. The molecule has 0 spiro atoms. The number of phenolic OH excluding ortho intramolecular Hbond substituents is 1. The first-order valence-electron chi connectivity index (χ1n) is 9.79. The van der Waals surface area contributed by atoms with Gasteiger partial charge in [0.25, 0.3) is 5.69 Å². The summed E-state index contributed by atoms with van der Waals surface area (Å²) in [4.78, 5) is 25.4. The fraction of sp³-hybridized carbons (Fsp3) is 0.318. The minimum atomic E-state index is -0.470. The number of likely N-dealkylation sites (tertiary alicyclic amines) is 1. The SMILES string of the molecule is O=C1/C(=C/c2ccc([N+](=O)[O-])cc2)Oc2c1ccc(O)c2CN1CCCCCC1. The Bertz CT molecular complexity index is 973. The van der Waals surface area contributed by atoms with Gasteiger partial charge in [-0.3, -0.25) is 19.8 Å². The van der Waals surface area contributed by atoms with E-state index >= 15 is 0 Å². The molecular formula is C22H22N2O5. The van der Waals surface area contributed by atoms with Gasteiger partial charge in [0.2, 0.25) is 5.78 Å². The van der Waals surface area contributed by atoms with E-state index in [9.17, 15) is 20.0 Å². The molecule has 0 atom stereocenters. The summed E-state index contributed by atoms with van der Waals surface area (Å²) in [6.07, 6.45) is 6.25. The van der Waals surface area contributed by atoms with Crippen LogP contribution in [0.5, 0.6) is 11.5 Å². The minimum absolute atomic E-state index is 0.0150. The molecule has 0 aliphatic carbocycles. The summed E-state index contributed by atoms with van der Waals surface area (Å²) in [6, 6.07) is 9.03. The number of Topliss-reactive ketones (excluding diaryl/α,β-unsaturated/α-hetero) is 1. The number of benzene rings is 2. The number of carbonyl (C=O) groups excluding carboxylic acids is 1. The summed E-state index contributed by atoms with van der Waals surface area (Å²) in [7, 11) is 0. The predicted octanol–water partition coefficient (Wildman–Crippen LogP) is 4.29. The van der Waals surface area contributed by atoms with Gasteiger partial charge in [-0.05, 0) is 61.8 Å². The Hall–Kier alpha value is -3.19. The van der Waals surface area contributed by atoms with E-state index in [4.69, 9.17) is 4.74 Å². The molecule has 2 aliphatic heterocycles. The third-order valence-electron chi connectivity index (χ3n) is 5.40. The van der Waals surface area contributed by atoms with Gasteiger partial charge in [0.1, 0.15) is 11.5 Å². The van der Waals surface area contributed by atoms with Crippen molar-refractivity contribution in [1.82, 2.24) is 4.90 Å². The van der Waals surface area contributed by atoms with E-state index in [1.165, 1.54) is 25.0 Å². The highest BCUT2D eigenvalue weighted by Gasteiger charge is 2.31. The molecule has 0 saturated carbocycles. The first-order valence-corrected chi connectivity index (χ1v) is 9.79. The lowest BCUT2D eigenvalue weighted by Crippen LogP contribution is -2.24. The highest BCUT2D eigenvalue weighted by atomic mass is 16.6. The number of nitro benzene ring substituents is 1. The number of rotatable bonds is 4. The second-order valence-electron chi connectivity index (χ2n) is 7.42. The van der Waals surface area contributed by atoms with Crippen molar-refractivity contribution in [1.29, 1.82) is 0 Å². The molecule has 150 valence electrons. The number of nitro groups is 1. The maximum Gasteiger partial charge on any atom is 0.269 e. The quantitative estimate of drug-likeness (QED) is 0.472. The van der Waals surface area contributed by atoms with Crippen LogP contribution in [0.2, 0.25) is 0 Å². The Balaban J connectivity index is 1.61. The number of carbonyl (C=O) groups is 1. The average Bonchev–Trinajstić information content (AvgIpc) is 2.87. The van der Waals surface area contributed by atoms with Crippen LogP contribution < -0.4 is 4.74 Å². The summed E-state index contributed by atoms with van der Waals surface area (Å²) in [5, 5.41) is 21.2. The van der Waals surface area contributed by atoms with Crippen molar-refractivity contribution < 1.29 is 19.6 Å². The number of allylic oxidation sites excluding steroid dienone is 1. The van der Waals surface area contributed by atoms with E-state index in [-0.39, 0.29) is 23.0 Å². The first kappa shape index (κ1) is 19.1. The molecule has 29 heavy (non-hydrogen) atoms. The van der Waals surface area contributed by atoms with Crippen molar-refractivity contribution in [3.05, 3.63) is 69.0 Å². The van der Waals surface area contributed by atoms with Crippen LogP contribution in [0.3, 0.4) is 0 Å². The molecule has 0 amide bonds. The smallest absolute Gasteiger partial charge is 0.269 e. The van der Waals surface area contributed by atoms with Gasteiger partial charge < -0.3 is 9.84 Å². The van der Waals surface area contributed by atoms with E-state index in [0.717, 1.165) is 25.9 Å². The van der Waals surface area contributed by atoms with Crippen LogP contribution in [0.15, 0.2) is 42.2 Å². The number of ether oxygens (including phenoxy) is 1. The summed E-state index contributed by atoms with van der Waals surface area (Å²) in [5.41, 5.74) is 1.68. The average molecular weight is 394 g/mol. The van der Waals surface area contributed by atoms with E-state index < -0.39 is 4.92 Å². The zero-order chi connectivity index (χ0) is 20.4. The zero-order valence-electron chi connectivity index (χ0n) is 16.0. The van der Waals surface area contributed by atoms with Gasteiger partial charge in [-0.2, -0.15) is 0 Å². The van der Waals surface area contributed by atoms with E-state index in [1.54, 1.807) is 30.3 Å². The van der Waals surface area contributed by atoms with Gasteiger partial charge in [0, 0.05) is 18.7 Å². The van der Waals surface area contributed by atoms with Gasteiger partial charge in [0.15, 0.2) is 5.76 Å². The van der Waals surface area contributed by atoms with Gasteiger partial charge in [-0.1, -0.05) is 12.8 Å². The molecule has 1 saturated heterocycles. The number of aromatic hydroxyl groups is 1. The Morgan fingerprint density at radius 3 is 2.41 bits per heavy atom. The van der Waals surface area contributed by atoms with Gasteiger partial charge in [0.05, 0.1) is 16.1 Å². The molecule has 7 nitrogen and oxygen atoms in total. The maximum absolute atomic E-state index is 12.8. The molecule has 2 aliphatic rings. The predicted molar refractivity (Wildman–Crippen MR) is 108 cm³/mol. The molecule has 1 fully saturated rings. The normalized spacial score (nSPS) is 18.3. The Morgan fingerprint density at radius 2 is 1.76 bits per heavy atom. The van der Waals surface area contributed by atoms with E-state index in [2.05, 4.69) is 4.90 Å².